The highest BCUT2D eigenvalue weighted by molar-refractivity contribution is 7.89. The molecular weight excluding hydrogens is 345 g/mol. The van der Waals surface area contributed by atoms with Gasteiger partial charge >= 0.3 is 6.36 Å². The fourth-order valence-corrected chi connectivity index (χ4v) is 4.38. The number of nitrogens with one attached hydrogen (secondary N) is 1. The lowest BCUT2D eigenvalue weighted by atomic mass is 9.95. The van der Waals surface area contributed by atoms with Crippen molar-refractivity contribution in [3.8, 4) is 5.75 Å². The number of hydrogen-bond acceptors (Lipinski definition) is 4. The fraction of sp³-hybridized carbons (Fsp3) is 0.600. The number of nitrogens with zero attached hydrogens (tertiary/aromatic N) is 1. The van der Waals surface area contributed by atoms with Crippen LogP contribution in [0, 0.1) is 5.92 Å². The zero-order valence-corrected chi connectivity index (χ0v) is 14.2. The fourth-order valence-electron chi connectivity index (χ4n) is 2.80. The molecule has 9 heteroatoms. The van der Waals surface area contributed by atoms with Crippen LogP contribution in [-0.4, -0.2) is 45.8 Å². The molecule has 0 radical (unpaired) electrons. The van der Waals surface area contributed by atoms with Crippen molar-refractivity contribution in [1.29, 1.82) is 0 Å². The topological polar surface area (TPSA) is 58.6 Å². The smallest absolute Gasteiger partial charge is 0.404 e. The third-order valence-electron chi connectivity index (χ3n) is 4.07. The highest BCUT2D eigenvalue weighted by Crippen LogP contribution is 2.33. The van der Waals surface area contributed by atoms with E-state index in [1.165, 1.54) is 16.4 Å². The Morgan fingerprint density at radius 1 is 1.25 bits per heavy atom. The highest BCUT2D eigenvalue weighted by atomic mass is 32.2. The molecule has 136 valence electrons. The Morgan fingerprint density at radius 2 is 1.88 bits per heavy atom. The Balaban J connectivity index is 2.14. The van der Waals surface area contributed by atoms with Crippen molar-refractivity contribution < 1.29 is 26.3 Å². The maximum atomic E-state index is 12.7. The van der Waals surface area contributed by atoms with Crippen LogP contribution in [0.25, 0.3) is 0 Å². The number of sulfonamides is 1. The predicted molar refractivity (Wildman–Crippen MR) is 83.2 cm³/mol. The molecule has 1 N–H and O–H groups in total. The van der Waals surface area contributed by atoms with Crippen LogP contribution in [0.2, 0.25) is 0 Å². The molecule has 0 aliphatic carbocycles. The van der Waals surface area contributed by atoms with E-state index in [0.29, 0.717) is 31.8 Å². The van der Waals surface area contributed by atoms with E-state index in [1.807, 2.05) is 7.05 Å². The maximum Gasteiger partial charge on any atom is 0.573 e. The number of para-hydroxylation sites is 1. The Hall–Kier alpha value is -1.32. The standard InChI is InChI=1S/C15H21F3N2O3S/c1-19-9-6-12-7-10-20(11-8-12)24(21,22)14-5-3-2-4-13(14)23-15(16,17)18/h2-5,12,19H,6-11H2,1H3. The van der Waals surface area contributed by atoms with Gasteiger partial charge in [0.2, 0.25) is 10.0 Å². The van der Waals surface area contributed by atoms with Gasteiger partial charge < -0.3 is 10.1 Å². The summed E-state index contributed by atoms with van der Waals surface area (Å²) >= 11 is 0. The minimum absolute atomic E-state index is 0.303. The summed E-state index contributed by atoms with van der Waals surface area (Å²) in [6.07, 6.45) is -2.59. The molecule has 0 atom stereocenters. The lowest BCUT2D eigenvalue weighted by Crippen LogP contribution is -2.39. The largest absolute Gasteiger partial charge is 0.573 e. The summed E-state index contributed by atoms with van der Waals surface area (Å²) in [4.78, 5) is -0.448. The van der Waals surface area contributed by atoms with E-state index >= 15 is 0 Å². The lowest BCUT2D eigenvalue weighted by molar-refractivity contribution is -0.275. The average molecular weight is 366 g/mol. The van der Waals surface area contributed by atoms with Gasteiger partial charge in [0.15, 0.2) is 0 Å². The van der Waals surface area contributed by atoms with Crippen LogP contribution in [0.15, 0.2) is 29.2 Å². The van der Waals surface area contributed by atoms with Crippen LogP contribution in [0.5, 0.6) is 5.75 Å². The molecule has 5 nitrogen and oxygen atoms in total. The first-order chi connectivity index (χ1) is 11.2. The van der Waals surface area contributed by atoms with E-state index in [0.717, 1.165) is 25.1 Å². The lowest BCUT2D eigenvalue weighted by Gasteiger charge is -2.31. The summed E-state index contributed by atoms with van der Waals surface area (Å²) in [5.41, 5.74) is 0. The second-order valence-electron chi connectivity index (χ2n) is 5.73. The van der Waals surface area contributed by atoms with E-state index in [9.17, 15) is 21.6 Å². The van der Waals surface area contributed by atoms with Gasteiger partial charge in [-0.1, -0.05) is 12.1 Å². The number of alkyl halides is 3. The van der Waals surface area contributed by atoms with E-state index in [-0.39, 0.29) is 0 Å². The molecule has 0 unspecified atom stereocenters. The molecule has 0 spiro atoms. The molecule has 1 aromatic carbocycles. The first-order valence-corrected chi connectivity index (χ1v) is 9.17. The SMILES string of the molecule is CNCCC1CCN(S(=O)(=O)c2ccccc2OC(F)(F)F)CC1. The summed E-state index contributed by atoms with van der Waals surface area (Å²) in [6.45, 7) is 1.47. The van der Waals surface area contributed by atoms with Gasteiger partial charge in [-0.25, -0.2) is 8.42 Å². The number of halogens is 3. The van der Waals surface area contributed by atoms with E-state index in [4.69, 9.17) is 0 Å². The number of piperidine rings is 1. The van der Waals surface area contributed by atoms with Crippen molar-refractivity contribution in [1.82, 2.24) is 9.62 Å². The molecule has 1 aromatic rings. The maximum absolute atomic E-state index is 12.7. The van der Waals surface area contributed by atoms with Crippen LogP contribution in [0.1, 0.15) is 19.3 Å². The zero-order chi connectivity index (χ0) is 17.8. The summed E-state index contributed by atoms with van der Waals surface area (Å²) in [7, 11) is -2.16. The quantitative estimate of drug-likeness (QED) is 0.841. The molecular formula is C15H21F3N2O3S. The van der Waals surface area contributed by atoms with Crippen molar-refractivity contribution >= 4 is 10.0 Å². The summed E-state index contributed by atoms with van der Waals surface area (Å²) in [5, 5.41) is 3.06. The minimum atomic E-state index is -4.94. The molecule has 1 aliphatic heterocycles. The highest BCUT2D eigenvalue weighted by Gasteiger charge is 2.36. The zero-order valence-electron chi connectivity index (χ0n) is 13.3. The van der Waals surface area contributed by atoms with Crippen molar-refractivity contribution in [3.63, 3.8) is 0 Å². The van der Waals surface area contributed by atoms with Crippen LogP contribution in [-0.2, 0) is 10.0 Å². The first kappa shape index (κ1) is 19.0. The van der Waals surface area contributed by atoms with Crippen molar-refractivity contribution in [2.45, 2.75) is 30.5 Å². The van der Waals surface area contributed by atoms with Gasteiger partial charge in [0.1, 0.15) is 10.6 Å². The van der Waals surface area contributed by atoms with Crippen LogP contribution in [0.3, 0.4) is 0 Å². The minimum Gasteiger partial charge on any atom is -0.404 e. The van der Waals surface area contributed by atoms with Crippen molar-refractivity contribution in [2.75, 3.05) is 26.7 Å². The Kier molecular flexibility index (Phi) is 6.11. The van der Waals surface area contributed by atoms with Crippen LogP contribution in [0.4, 0.5) is 13.2 Å². The monoisotopic (exact) mass is 366 g/mol. The van der Waals surface area contributed by atoms with Gasteiger partial charge in [-0.05, 0) is 50.9 Å². The van der Waals surface area contributed by atoms with E-state index in [1.54, 1.807) is 0 Å². The number of hydrogen-bond donors (Lipinski definition) is 1. The normalized spacial score (nSPS) is 17.8. The second-order valence-corrected chi connectivity index (χ2v) is 7.64. The van der Waals surface area contributed by atoms with E-state index < -0.39 is 27.0 Å². The van der Waals surface area contributed by atoms with Crippen molar-refractivity contribution in [3.05, 3.63) is 24.3 Å². The molecule has 0 aromatic heterocycles. The van der Waals surface area contributed by atoms with Crippen molar-refractivity contribution in [2.24, 2.45) is 5.92 Å². The Labute approximate surface area is 139 Å². The van der Waals surface area contributed by atoms with Gasteiger partial charge in [-0.15, -0.1) is 13.2 Å². The third-order valence-corrected chi connectivity index (χ3v) is 6.01. The van der Waals surface area contributed by atoms with Gasteiger partial charge in [0, 0.05) is 13.1 Å². The molecule has 0 bridgehead atoms. The Morgan fingerprint density at radius 3 is 2.46 bits per heavy atom. The average Bonchev–Trinajstić information content (AvgIpc) is 2.52. The molecule has 2 rings (SSSR count). The van der Waals surface area contributed by atoms with Crippen LogP contribution < -0.4 is 10.1 Å². The summed E-state index contributed by atoms with van der Waals surface area (Å²) in [6, 6.07) is 4.85. The molecule has 1 heterocycles. The molecule has 1 fully saturated rings. The first-order valence-electron chi connectivity index (χ1n) is 7.73. The van der Waals surface area contributed by atoms with Gasteiger partial charge in [-0.2, -0.15) is 4.31 Å². The molecule has 1 saturated heterocycles. The summed E-state index contributed by atoms with van der Waals surface area (Å²) in [5.74, 6) is -0.270. The number of ether oxygens (including phenoxy) is 1. The third kappa shape index (κ3) is 4.84. The summed E-state index contributed by atoms with van der Waals surface area (Å²) < 4.78 is 67.9. The van der Waals surface area contributed by atoms with Gasteiger partial charge in [0.05, 0.1) is 0 Å². The second kappa shape index (κ2) is 7.71. The number of benzene rings is 1. The van der Waals surface area contributed by atoms with Gasteiger partial charge in [-0.3, -0.25) is 0 Å². The van der Waals surface area contributed by atoms with Gasteiger partial charge in [0.25, 0.3) is 0 Å². The Bertz CT molecular complexity index is 642. The van der Waals surface area contributed by atoms with Crippen LogP contribution >= 0.6 is 0 Å². The molecule has 1 aliphatic rings. The predicted octanol–water partition coefficient (Wildman–Crippen LogP) is 2.60. The molecule has 0 amide bonds. The number of rotatable bonds is 6. The molecule has 24 heavy (non-hydrogen) atoms. The molecule has 0 saturated carbocycles. The van der Waals surface area contributed by atoms with E-state index in [2.05, 4.69) is 10.1 Å².